The third kappa shape index (κ3) is 5.34. The van der Waals surface area contributed by atoms with Crippen molar-refractivity contribution in [2.45, 2.75) is 45.0 Å². The third-order valence-corrected chi connectivity index (χ3v) is 8.66. The molecule has 0 fully saturated rings. The van der Waals surface area contributed by atoms with Crippen molar-refractivity contribution in [3.05, 3.63) is 34.9 Å². The molecule has 0 saturated heterocycles. The van der Waals surface area contributed by atoms with Crippen LogP contribution in [0, 0.1) is 0 Å². The lowest BCUT2D eigenvalue weighted by atomic mass is 10.1. The van der Waals surface area contributed by atoms with Crippen molar-refractivity contribution < 1.29 is 14.3 Å². The molecule has 0 radical (unpaired) electrons. The largest absolute Gasteiger partial charge is 0.465 e. The van der Waals surface area contributed by atoms with E-state index in [-0.39, 0.29) is 17.7 Å². The number of rotatable bonds is 5. The fourth-order valence-electron chi connectivity index (χ4n) is 1.62. The minimum Gasteiger partial charge on any atom is -0.465 e. The zero-order chi connectivity index (χ0) is 16.3. The van der Waals surface area contributed by atoms with Crippen LogP contribution in [0.3, 0.4) is 0 Å². The maximum Gasteiger partial charge on any atom is 0.404 e. The monoisotopic (exact) mass is 329 g/mol. The quantitative estimate of drug-likeness (QED) is 0.772. The van der Waals surface area contributed by atoms with Gasteiger partial charge in [0.05, 0.1) is 12.6 Å². The molecule has 0 heterocycles. The molecule has 0 aromatic heterocycles. The molecule has 1 rings (SSSR count). The van der Waals surface area contributed by atoms with Gasteiger partial charge in [0.2, 0.25) is 0 Å². The smallest absolute Gasteiger partial charge is 0.404 e. The molecule has 0 aliphatic heterocycles. The molecule has 0 aliphatic rings. The van der Waals surface area contributed by atoms with E-state index < -0.39 is 14.4 Å². The molecule has 4 nitrogen and oxygen atoms in total. The summed E-state index contributed by atoms with van der Waals surface area (Å²) in [5, 5.41) is 12.0. The Morgan fingerprint density at radius 1 is 1.33 bits per heavy atom. The lowest BCUT2D eigenvalue weighted by Crippen LogP contribution is -2.44. The maximum absolute atomic E-state index is 10.8. The SMILES string of the molecule is CC(C)(C)[Si](C)(C)O[C@@H](CNC(=O)O)c1ccc(Cl)cc1. The molecule has 0 unspecified atom stereocenters. The third-order valence-electron chi connectivity index (χ3n) is 3.92. The number of halogens is 1. The van der Waals surface area contributed by atoms with Crippen molar-refractivity contribution in [2.24, 2.45) is 0 Å². The second-order valence-electron chi connectivity index (χ2n) is 6.60. The van der Waals surface area contributed by atoms with E-state index in [2.05, 4.69) is 39.2 Å². The number of hydrogen-bond acceptors (Lipinski definition) is 2. The molecule has 1 amide bonds. The summed E-state index contributed by atoms with van der Waals surface area (Å²) in [6.07, 6.45) is -1.35. The van der Waals surface area contributed by atoms with Crippen molar-refractivity contribution in [2.75, 3.05) is 6.54 Å². The summed E-state index contributed by atoms with van der Waals surface area (Å²) in [4.78, 5) is 10.8. The molecular formula is C15H24ClNO3Si. The number of benzene rings is 1. The Morgan fingerprint density at radius 3 is 2.29 bits per heavy atom. The van der Waals surface area contributed by atoms with E-state index in [1.807, 2.05) is 12.1 Å². The number of carboxylic acid groups (broad SMARTS) is 1. The van der Waals surface area contributed by atoms with Gasteiger partial charge in [-0.3, -0.25) is 0 Å². The fraction of sp³-hybridized carbons (Fsp3) is 0.533. The van der Waals surface area contributed by atoms with Gasteiger partial charge in [0.15, 0.2) is 8.32 Å². The van der Waals surface area contributed by atoms with Gasteiger partial charge in [-0.25, -0.2) is 4.79 Å². The summed E-state index contributed by atoms with van der Waals surface area (Å²) >= 11 is 5.91. The summed E-state index contributed by atoms with van der Waals surface area (Å²) < 4.78 is 6.35. The second kappa shape index (κ2) is 6.81. The average molecular weight is 330 g/mol. The summed E-state index contributed by atoms with van der Waals surface area (Å²) in [6.45, 7) is 11.0. The van der Waals surface area contributed by atoms with Crippen LogP contribution in [-0.4, -0.2) is 26.1 Å². The van der Waals surface area contributed by atoms with Crippen molar-refractivity contribution in [3.8, 4) is 0 Å². The molecule has 1 aromatic rings. The molecular weight excluding hydrogens is 306 g/mol. The Labute approximate surface area is 132 Å². The van der Waals surface area contributed by atoms with Crippen molar-refractivity contribution in [1.82, 2.24) is 5.32 Å². The lowest BCUT2D eigenvalue weighted by molar-refractivity contribution is 0.163. The van der Waals surface area contributed by atoms with Gasteiger partial charge in [0, 0.05) is 5.02 Å². The molecule has 6 heteroatoms. The topological polar surface area (TPSA) is 58.6 Å². The zero-order valence-corrected chi connectivity index (χ0v) is 15.0. The number of carbonyl (C=O) groups is 1. The van der Waals surface area contributed by atoms with Crippen LogP contribution >= 0.6 is 11.6 Å². The Hall–Kier alpha value is -1.04. The van der Waals surface area contributed by atoms with Gasteiger partial charge in [-0.1, -0.05) is 44.5 Å². The Morgan fingerprint density at radius 2 is 1.86 bits per heavy atom. The van der Waals surface area contributed by atoms with Crippen LogP contribution in [0.2, 0.25) is 23.2 Å². The lowest BCUT2D eigenvalue weighted by Gasteiger charge is -2.39. The van der Waals surface area contributed by atoms with Crippen LogP contribution in [0.25, 0.3) is 0 Å². The van der Waals surface area contributed by atoms with E-state index in [1.165, 1.54) is 0 Å². The van der Waals surface area contributed by atoms with E-state index in [0.29, 0.717) is 5.02 Å². The normalized spacial score (nSPS) is 13.8. The first-order valence-electron chi connectivity index (χ1n) is 6.93. The molecule has 0 saturated carbocycles. The molecule has 1 aromatic carbocycles. The first kappa shape index (κ1) is 18.0. The van der Waals surface area contributed by atoms with E-state index >= 15 is 0 Å². The molecule has 0 bridgehead atoms. The van der Waals surface area contributed by atoms with Gasteiger partial charge in [-0.05, 0) is 35.8 Å². The predicted octanol–water partition coefficient (Wildman–Crippen LogP) is 4.67. The minimum atomic E-state index is -2.00. The van der Waals surface area contributed by atoms with Crippen LogP contribution in [0.1, 0.15) is 32.4 Å². The van der Waals surface area contributed by atoms with Gasteiger partial charge in [-0.2, -0.15) is 0 Å². The van der Waals surface area contributed by atoms with Gasteiger partial charge in [0.25, 0.3) is 0 Å². The Bertz CT molecular complexity index is 483. The summed E-state index contributed by atoms with van der Waals surface area (Å²) in [6, 6.07) is 7.34. The van der Waals surface area contributed by atoms with Gasteiger partial charge >= 0.3 is 6.09 Å². The molecule has 1 atom stereocenters. The highest BCUT2D eigenvalue weighted by atomic mass is 35.5. The van der Waals surface area contributed by atoms with Crippen LogP contribution in [0.15, 0.2) is 24.3 Å². The highest BCUT2D eigenvalue weighted by Crippen LogP contribution is 2.39. The van der Waals surface area contributed by atoms with Crippen LogP contribution < -0.4 is 5.32 Å². The Kier molecular flexibility index (Phi) is 5.84. The van der Waals surface area contributed by atoms with Crippen LogP contribution in [-0.2, 0) is 4.43 Å². The molecule has 2 N–H and O–H groups in total. The fourth-order valence-corrected chi connectivity index (χ4v) is 3.03. The Balaban J connectivity index is 2.97. The minimum absolute atomic E-state index is 0.0564. The van der Waals surface area contributed by atoms with Crippen LogP contribution in [0.4, 0.5) is 4.79 Å². The van der Waals surface area contributed by atoms with Gasteiger partial charge in [-0.15, -0.1) is 0 Å². The van der Waals surface area contributed by atoms with E-state index in [1.54, 1.807) is 12.1 Å². The summed E-state index contributed by atoms with van der Waals surface area (Å²) in [5.41, 5.74) is 0.929. The predicted molar refractivity (Wildman–Crippen MR) is 88.5 cm³/mol. The molecule has 0 spiro atoms. The highest BCUT2D eigenvalue weighted by molar-refractivity contribution is 6.74. The highest BCUT2D eigenvalue weighted by Gasteiger charge is 2.39. The second-order valence-corrected chi connectivity index (χ2v) is 11.8. The standard InChI is InChI=1S/C15H24ClNO3Si/c1-15(2,3)21(4,5)20-13(10-17-14(18)19)11-6-8-12(16)9-7-11/h6-9,13,17H,10H2,1-5H3,(H,18,19)/t13-/m0/s1. The number of hydrogen-bond donors (Lipinski definition) is 2. The first-order chi connectivity index (χ1) is 9.53. The maximum atomic E-state index is 10.8. The summed E-state index contributed by atoms with van der Waals surface area (Å²) in [7, 11) is -2.00. The van der Waals surface area contributed by atoms with E-state index in [0.717, 1.165) is 5.56 Å². The average Bonchev–Trinajstić information content (AvgIpc) is 2.34. The first-order valence-corrected chi connectivity index (χ1v) is 10.2. The van der Waals surface area contributed by atoms with E-state index in [9.17, 15) is 4.79 Å². The van der Waals surface area contributed by atoms with Gasteiger partial charge in [0.1, 0.15) is 0 Å². The summed E-state index contributed by atoms with van der Waals surface area (Å²) in [5.74, 6) is 0. The van der Waals surface area contributed by atoms with Crippen molar-refractivity contribution in [3.63, 3.8) is 0 Å². The van der Waals surface area contributed by atoms with Crippen molar-refractivity contribution >= 4 is 26.0 Å². The molecule has 118 valence electrons. The zero-order valence-electron chi connectivity index (χ0n) is 13.2. The number of nitrogens with one attached hydrogen (secondary N) is 1. The molecule has 21 heavy (non-hydrogen) atoms. The van der Waals surface area contributed by atoms with Gasteiger partial charge < -0.3 is 14.8 Å². The van der Waals surface area contributed by atoms with Crippen molar-refractivity contribution in [1.29, 1.82) is 0 Å². The van der Waals surface area contributed by atoms with E-state index in [4.69, 9.17) is 21.1 Å². The number of amides is 1. The molecule has 0 aliphatic carbocycles. The van der Waals surface area contributed by atoms with Crippen LogP contribution in [0.5, 0.6) is 0 Å².